The van der Waals surface area contributed by atoms with Crippen LogP contribution in [-0.4, -0.2) is 48.9 Å². The first-order valence-corrected chi connectivity index (χ1v) is 7.63. The summed E-state index contributed by atoms with van der Waals surface area (Å²) in [7, 11) is 0. The van der Waals surface area contributed by atoms with Crippen LogP contribution >= 0.6 is 0 Å². The molecule has 2 fully saturated rings. The van der Waals surface area contributed by atoms with Gasteiger partial charge in [0.05, 0.1) is 0 Å². The maximum atomic E-state index is 12.5. The van der Waals surface area contributed by atoms with E-state index in [1.165, 1.54) is 0 Å². The molecular formula is C14H22N4O2. The van der Waals surface area contributed by atoms with Crippen molar-refractivity contribution in [3.63, 3.8) is 0 Å². The summed E-state index contributed by atoms with van der Waals surface area (Å²) in [6, 6.07) is 0. The van der Waals surface area contributed by atoms with Gasteiger partial charge in [-0.25, -0.2) is 0 Å². The summed E-state index contributed by atoms with van der Waals surface area (Å²) < 4.78 is 0. The maximum absolute atomic E-state index is 12.5. The van der Waals surface area contributed by atoms with Crippen molar-refractivity contribution < 1.29 is 9.59 Å². The van der Waals surface area contributed by atoms with Gasteiger partial charge in [0.15, 0.2) is 0 Å². The summed E-state index contributed by atoms with van der Waals surface area (Å²) in [6.45, 7) is 3.43. The van der Waals surface area contributed by atoms with Crippen LogP contribution in [0.5, 0.6) is 0 Å². The second-order valence-corrected chi connectivity index (χ2v) is 5.93. The number of hydrogen-bond donors (Lipinski definition) is 2. The van der Waals surface area contributed by atoms with Crippen molar-refractivity contribution in [3.05, 3.63) is 0 Å². The highest BCUT2D eigenvalue weighted by atomic mass is 16.2. The minimum absolute atomic E-state index is 0.135. The third-order valence-corrected chi connectivity index (χ3v) is 4.62. The molecule has 110 valence electrons. The van der Waals surface area contributed by atoms with Crippen LogP contribution in [0.4, 0.5) is 0 Å². The zero-order valence-corrected chi connectivity index (χ0v) is 11.8. The summed E-state index contributed by atoms with van der Waals surface area (Å²) in [6.07, 6.45) is 5.28. The largest absolute Gasteiger partial charge is 0.341 e. The van der Waals surface area contributed by atoms with E-state index in [-0.39, 0.29) is 11.8 Å². The van der Waals surface area contributed by atoms with Crippen molar-refractivity contribution in [2.75, 3.05) is 26.2 Å². The van der Waals surface area contributed by atoms with Crippen LogP contribution in [0.25, 0.3) is 0 Å². The highest BCUT2D eigenvalue weighted by Gasteiger charge is 2.49. The van der Waals surface area contributed by atoms with E-state index in [0.29, 0.717) is 18.8 Å². The lowest BCUT2D eigenvalue weighted by Gasteiger charge is -2.37. The Balaban J connectivity index is 1.80. The zero-order chi connectivity index (χ0) is 14.0. The molecule has 0 unspecified atom stereocenters. The molecule has 0 aromatic heterocycles. The van der Waals surface area contributed by atoms with Crippen LogP contribution in [0.3, 0.4) is 0 Å². The predicted molar refractivity (Wildman–Crippen MR) is 75.2 cm³/mol. The van der Waals surface area contributed by atoms with Gasteiger partial charge in [-0.3, -0.25) is 14.9 Å². The normalized spacial score (nSPS) is 27.0. The Bertz CT molecular complexity index is 432. The Morgan fingerprint density at radius 3 is 2.55 bits per heavy atom. The van der Waals surface area contributed by atoms with E-state index < -0.39 is 5.41 Å². The summed E-state index contributed by atoms with van der Waals surface area (Å²) in [4.78, 5) is 31.1. The molecule has 3 rings (SSSR count). The van der Waals surface area contributed by atoms with Crippen molar-refractivity contribution >= 4 is 17.8 Å². The minimum Gasteiger partial charge on any atom is -0.341 e. The fourth-order valence-corrected chi connectivity index (χ4v) is 3.35. The Labute approximate surface area is 119 Å². The van der Waals surface area contributed by atoms with Crippen molar-refractivity contribution in [1.82, 2.24) is 15.5 Å². The first-order chi connectivity index (χ1) is 9.72. The lowest BCUT2D eigenvalue weighted by atomic mass is 9.72. The van der Waals surface area contributed by atoms with Gasteiger partial charge in [-0.05, 0) is 25.8 Å². The van der Waals surface area contributed by atoms with Crippen LogP contribution in [0.1, 0.15) is 38.5 Å². The number of guanidine groups is 1. The molecule has 0 atom stereocenters. The smallest absolute Gasteiger partial charge is 0.264 e. The van der Waals surface area contributed by atoms with Crippen LogP contribution < -0.4 is 10.6 Å². The summed E-state index contributed by atoms with van der Waals surface area (Å²) >= 11 is 0. The van der Waals surface area contributed by atoms with Gasteiger partial charge in [0.1, 0.15) is 5.41 Å². The van der Waals surface area contributed by atoms with Gasteiger partial charge in [0.2, 0.25) is 11.9 Å². The van der Waals surface area contributed by atoms with Crippen molar-refractivity contribution in [1.29, 1.82) is 0 Å². The van der Waals surface area contributed by atoms with Gasteiger partial charge < -0.3 is 10.2 Å². The van der Waals surface area contributed by atoms with E-state index in [1.807, 2.05) is 4.90 Å². The monoisotopic (exact) mass is 278 g/mol. The number of carbonyl (C=O) groups excluding carboxylic acids is 2. The van der Waals surface area contributed by atoms with Gasteiger partial charge in [-0.15, -0.1) is 0 Å². The quantitative estimate of drug-likeness (QED) is 0.623. The Morgan fingerprint density at radius 2 is 1.80 bits per heavy atom. The topological polar surface area (TPSA) is 73.8 Å². The molecule has 1 saturated heterocycles. The Morgan fingerprint density at radius 1 is 1.00 bits per heavy atom. The number of nitrogens with one attached hydrogen (secondary N) is 2. The second kappa shape index (κ2) is 5.52. The molecule has 2 N–H and O–H groups in total. The summed E-state index contributed by atoms with van der Waals surface area (Å²) in [5.41, 5.74) is -0.869. The average Bonchev–Trinajstić information content (AvgIpc) is 2.75. The fraction of sp³-hybridized carbons (Fsp3) is 0.786. The zero-order valence-electron chi connectivity index (χ0n) is 11.8. The number of carbonyl (C=O) groups is 2. The van der Waals surface area contributed by atoms with Gasteiger partial charge in [0, 0.05) is 19.6 Å². The average molecular weight is 278 g/mol. The van der Waals surface area contributed by atoms with Crippen LogP contribution in [0, 0.1) is 5.41 Å². The van der Waals surface area contributed by atoms with Crippen molar-refractivity contribution in [3.8, 4) is 0 Å². The van der Waals surface area contributed by atoms with Gasteiger partial charge in [-0.1, -0.05) is 19.3 Å². The minimum atomic E-state index is -0.869. The molecule has 2 aliphatic heterocycles. The fourth-order valence-electron chi connectivity index (χ4n) is 3.35. The number of aliphatic imine (C=N–C) groups is 1. The molecule has 0 radical (unpaired) electrons. The van der Waals surface area contributed by atoms with Crippen molar-refractivity contribution in [2.24, 2.45) is 10.4 Å². The van der Waals surface area contributed by atoms with Crippen LogP contribution in [0.15, 0.2) is 4.99 Å². The molecule has 6 heteroatoms. The van der Waals surface area contributed by atoms with E-state index in [1.54, 1.807) is 0 Å². The maximum Gasteiger partial charge on any atom is 0.264 e. The third-order valence-electron chi connectivity index (χ3n) is 4.62. The molecule has 1 spiro atoms. The molecule has 2 amide bonds. The molecule has 3 aliphatic rings. The van der Waals surface area contributed by atoms with Crippen LogP contribution in [0.2, 0.25) is 0 Å². The van der Waals surface area contributed by atoms with E-state index in [0.717, 1.165) is 51.9 Å². The van der Waals surface area contributed by atoms with E-state index in [4.69, 9.17) is 0 Å². The van der Waals surface area contributed by atoms with Crippen molar-refractivity contribution in [2.45, 2.75) is 38.5 Å². The first kappa shape index (κ1) is 13.5. The molecular weight excluding hydrogens is 256 g/mol. The molecule has 0 aromatic rings. The lowest BCUT2D eigenvalue weighted by Crippen LogP contribution is -2.58. The molecule has 0 aromatic carbocycles. The second-order valence-electron chi connectivity index (χ2n) is 5.93. The molecule has 1 aliphatic carbocycles. The molecule has 6 nitrogen and oxygen atoms in total. The molecule has 1 saturated carbocycles. The Kier molecular flexibility index (Phi) is 3.74. The van der Waals surface area contributed by atoms with Crippen LogP contribution in [-0.2, 0) is 9.59 Å². The highest BCUT2D eigenvalue weighted by molar-refractivity contribution is 6.18. The van der Waals surface area contributed by atoms with Gasteiger partial charge in [-0.2, -0.15) is 4.99 Å². The summed E-state index contributed by atoms with van der Waals surface area (Å²) in [5, 5.41) is 6.19. The van der Waals surface area contributed by atoms with Gasteiger partial charge in [0.25, 0.3) is 5.91 Å². The number of amides is 2. The third kappa shape index (κ3) is 2.32. The van der Waals surface area contributed by atoms with E-state index >= 15 is 0 Å². The predicted octanol–water partition coefficient (Wildman–Crippen LogP) is 0.245. The lowest BCUT2D eigenvalue weighted by molar-refractivity contribution is -0.144. The molecule has 20 heavy (non-hydrogen) atoms. The first-order valence-electron chi connectivity index (χ1n) is 7.63. The van der Waals surface area contributed by atoms with E-state index in [2.05, 4.69) is 15.6 Å². The number of nitrogens with zero attached hydrogens (tertiary/aromatic N) is 2. The number of hydrogen-bond acceptors (Lipinski definition) is 4. The standard InChI is InChI=1S/C14H22N4O2/c19-11-14(5-2-1-3-6-14)12(20)17-13(16-11)18-9-4-7-15-8-10-18/h15H,1-10H2,(H,16,17,19,20). The Hall–Kier alpha value is -1.43. The van der Waals surface area contributed by atoms with Gasteiger partial charge >= 0.3 is 0 Å². The molecule has 2 heterocycles. The van der Waals surface area contributed by atoms with E-state index in [9.17, 15) is 9.59 Å². The highest BCUT2D eigenvalue weighted by Crippen LogP contribution is 2.39. The summed E-state index contributed by atoms with van der Waals surface area (Å²) in [5.74, 6) is 0.0949. The number of rotatable bonds is 0. The SMILES string of the molecule is O=C1N=C(N2CCCNCC2)NC(=O)C12CCCCC2. The molecule has 0 bridgehead atoms.